The van der Waals surface area contributed by atoms with Crippen LogP contribution in [0.2, 0.25) is 0 Å². The van der Waals surface area contributed by atoms with E-state index in [1.54, 1.807) is 15.3 Å². The molecule has 2 aliphatic rings. The molecular weight excluding hydrogens is 250 g/mol. The van der Waals surface area contributed by atoms with Crippen LogP contribution in [0.15, 0.2) is 6.07 Å². The molecule has 0 aromatic carbocycles. The average Bonchev–Trinajstić information content (AvgIpc) is 2.95. The van der Waals surface area contributed by atoms with Gasteiger partial charge in [0.05, 0.1) is 0 Å². The van der Waals surface area contributed by atoms with Crippen molar-refractivity contribution in [3.63, 3.8) is 0 Å². The first kappa shape index (κ1) is 13.6. The molecule has 0 aliphatic heterocycles. The number of aryl methyl sites for hydroxylation is 2. The van der Waals surface area contributed by atoms with Crippen molar-refractivity contribution in [1.29, 1.82) is 0 Å². The summed E-state index contributed by atoms with van der Waals surface area (Å²) in [4.78, 5) is 3.28. The third-order valence-electron chi connectivity index (χ3n) is 5.49. The highest BCUT2D eigenvalue weighted by atomic mass is 32.1. The number of hydrogen-bond donors (Lipinski definition) is 1. The zero-order valence-corrected chi connectivity index (χ0v) is 13.4. The lowest BCUT2D eigenvalue weighted by Gasteiger charge is -2.36. The summed E-state index contributed by atoms with van der Waals surface area (Å²) in [5, 5.41) is 3.62. The van der Waals surface area contributed by atoms with Crippen molar-refractivity contribution in [2.45, 2.75) is 58.4 Å². The molecule has 3 rings (SSSR count). The molecule has 0 bridgehead atoms. The van der Waals surface area contributed by atoms with Crippen LogP contribution in [0.4, 0.5) is 0 Å². The maximum atomic E-state index is 3.62. The minimum Gasteiger partial charge on any atom is -0.312 e. The Labute approximate surface area is 121 Å². The SMILES string of the molecule is CNC(c1cc2c(s1)CCC2)C1CCC(C)C(C)C1. The van der Waals surface area contributed by atoms with Crippen molar-refractivity contribution in [3.05, 3.63) is 21.4 Å². The lowest BCUT2D eigenvalue weighted by molar-refractivity contribution is 0.176. The number of rotatable bonds is 3. The van der Waals surface area contributed by atoms with Gasteiger partial charge in [0, 0.05) is 15.8 Å². The van der Waals surface area contributed by atoms with E-state index >= 15 is 0 Å². The molecule has 2 heteroatoms. The second kappa shape index (κ2) is 5.57. The standard InChI is InChI=1S/C17H27NS/c1-11-7-8-14(9-12(11)2)17(18-3)16-10-13-5-4-6-15(13)19-16/h10-12,14,17-18H,4-9H2,1-3H3. The first-order valence-corrected chi connectivity index (χ1v) is 8.79. The molecule has 1 heterocycles. The summed E-state index contributed by atoms with van der Waals surface area (Å²) >= 11 is 2.09. The molecule has 1 saturated carbocycles. The van der Waals surface area contributed by atoms with Crippen LogP contribution in [0.1, 0.15) is 60.9 Å². The van der Waals surface area contributed by atoms with E-state index in [1.807, 2.05) is 0 Å². The van der Waals surface area contributed by atoms with Gasteiger partial charge < -0.3 is 5.32 Å². The Morgan fingerprint density at radius 2 is 2.05 bits per heavy atom. The molecule has 1 N–H and O–H groups in total. The van der Waals surface area contributed by atoms with Gasteiger partial charge in [0.1, 0.15) is 0 Å². The van der Waals surface area contributed by atoms with Crippen LogP contribution in [0, 0.1) is 17.8 Å². The van der Waals surface area contributed by atoms with Gasteiger partial charge in [-0.1, -0.05) is 20.3 Å². The highest BCUT2D eigenvalue weighted by Gasteiger charge is 2.31. The molecule has 0 radical (unpaired) electrons. The average molecular weight is 277 g/mol. The summed E-state index contributed by atoms with van der Waals surface area (Å²) in [5.74, 6) is 2.65. The van der Waals surface area contributed by atoms with E-state index in [-0.39, 0.29) is 0 Å². The largest absolute Gasteiger partial charge is 0.312 e. The van der Waals surface area contributed by atoms with Crippen molar-refractivity contribution >= 4 is 11.3 Å². The molecule has 2 aliphatic carbocycles. The van der Waals surface area contributed by atoms with E-state index in [1.165, 1.54) is 38.5 Å². The van der Waals surface area contributed by atoms with Crippen molar-refractivity contribution in [1.82, 2.24) is 5.32 Å². The fraction of sp³-hybridized carbons (Fsp3) is 0.765. The maximum Gasteiger partial charge on any atom is 0.0441 e. The minimum absolute atomic E-state index is 0.602. The van der Waals surface area contributed by atoms with Crippen LogP contribution in [0.25, 0.3) is 0 Å². The van der Waals surface area contributed by atoms with E-state index in [0.29, 0.717) is 6.04 Å². The first-order chi connectivity index (χ1) is 9.19. The topological polar surface area (TPSA) is 12.0 Å². The molecular formula is C17H27NS. The fourth-order valence-electron chi connectivity index (χ4n) is 4.01. The Morgan fingerprint density at radius 3 is 2.74 bits per heavy atom. The molecule has 4 unspecified atom stereocenters. The van der Waals surface area contributed by atoms with E-state index in [2.05, 4.69) is 43.6 Å². The fourth-order valence-corrected chi connectivity index (χ4v) is 5.47. The Hall–Kier alpha value is -0.340. The number of hydrogen-bond acceptors (Lipinski definition) is 2. The molecule has 1 fully saturated rings. The second-order valence-corrected chi connectivity index (χ2v) is 7.91. The Morgan fingerprint density at radius 1 is 1.21 bits per heavy atom. The van der Waals surface area contributed by atoms with Gasteiger partial charge in [-0.05, 0) is 68.5 Å². The second-order valence-electron chi connectivity index (χ2n) is 6.74. The molecule has 1 aromatic rings. The summed E-state index contributed by atoms with van der Waals surface area (Å²) in [5.41, 5.74) is 1.65. The van der Waals surface area contributed by atoms with Gasteiger partial charge in [0.25, 0.3) is 0 Å². The summed E-state index contributed by atoms with van der Waals surface area (Å²) < 4.78 is 0. The summed E-state index contributed by atoms with van der Waals surface area (Å²) in [6, 6.07) is 3.11. The van der Waals surface area contributed by atoms with Crippen LogP contribution in [0.3, 0.4) is 0 Å². The molecule has 1 nitrogen and oxygen atoms in total. The summed E-state index contributed by atoms with van der Waals surface area (Å²) in [6.07, 6.45) is 8.24. The maximum absolute atomic E-state index is 3.62. The predicted molar refractivity (Wildman–Crippen MR) is 83.8 cm³/mol. The molecule has 19 heavy (non-hydrogen) atoms. The van der Waals surface area contributed by atoms with Gasteiger partial charge in [-0.15, -0.1) is 11.3 Å². The van der Waals surface area contributed by atoms with E-state index in [4.69, 9.17) is 0 Å². The van der Waals surface area contributed by atoms with Gasteiger partial charge in [-0.3, -0.25) is 0 Å². The van der Waals surface area contributed by atoms with Gasteiger partial charge in [-0.2, -0.15) is 0 Å². The third-order valence-corrected chi connectivity index (χ3v) is 6.81. The number of nitrogens with one attached hydrogen (secondary N) is 1. The normalized spacial score (nSPS) is 32.3. The highest BCUT2D eigenvalue weighted by molar-refractivity contribution is 7.12. The summed E-state index contributed by atoms with van der Waals surface area (Å²) in [6.45, 7) is 4.87. The minimum atomic E-state index is 0.602. The summed E-state index contributed by atoms with van der Waals surface area (Å²) in [7, 11) is 2.15. The predicted octanol–water partition coefficient (Wildman–Crippen LogP) is 4.57. The third kappa shape index (κ3) is 2.62. The molecule has 4 atom stereocenters. The van der Waals surface area contributed by atoms with Crippen molar-refractivity contribution < 1.29 is 0 Å². The van der Waals surface area contributed by atoms with Gasteiger partial charge in [0.15, 0.2) is 0 Å². The molecule has 0 spiro atoms. The Kier molecular flexibility index (Phi) is 4.00. The van der Waals surface area contributed by atoms with Crippen LogP contribution in [0.5, 0.6) is 0 Å². The highest BCUT2D eigenvalue weighted by Crippen LogP contribution is 2.43. The van der Waals surface area contributed by atoms with E-state index < -0.39 is 0 Å². The smallest absolute Gasteiger partial charge is 0.0441 e. The molecule has 0 amide bonds. The van der Waals surface area contributed by atoms with E-state index in [0.717, 1.165) is 17.8 Å². The van der Waals surface area contributed by atoms with Crippen molar-refractivity contribution in [3.8, 4) is 0 Å². The quantitative estimate of drug-likeness (QED) is 0.853. The number of fused-ring (bicyclic) bond motifs is 1. The van der Waals surface area contributed by atoms with Crippen molar-refractivity contribution in [2.75, 3.05) is 7.05 Å². The molecule has 106 valence electrons. The lowest BCUT2D eigenvalue weighted by Crippen LogP contribution is -2.31. The Bertz CT molecular complexity index is 415. The van der Waals surface area contributed by atoms with Crippen LogP contribution in [-0.2, 0) is 12.8 Å². The van der Waals surface area contributed by atoms with Crippen LogP contribution >= 0.6 is 11.3 Å². The van der Waals surface area contributed by atoms with Crippen molar-refractivity contribution in [2.24, 2.45) is 17.8 Å². The number of thiophene rings is 1. The lowest BCUT2D eigenvalue weighted by atomic mass is 9.73. The van der Waals surface area contributed by atoms with Gasteiger partial charge >= 0.3 is 0 Å². The van der Waals surface area contributed by atoms with Crippen LogP contribution in [-0.4, -0.2) is 7.05 Å². The van der Waals surface area contributed by atoms with E-state index in [9.17, 15) is 0 Å². The Balaban J connectivity index is 1.76. The van der Waals surface area contributed by atoms with Gasteiger partial charge in [-0.25, -0.2) is 0 Å². The van der Waals surface area contributed by atoms with Crippen LogP contribution < -0.4 is 5.32 Å². The molecule has 0 saturated heterocycles. The van der Waals surface area contributed by atoms with Gasteiger partial charge in [0.2, 0.25) is 0 Å². The zero-order valence-electron chi connectivity index (χ0n) is 12.5. The first-order valence-electron chi connectivity index (χ1n) is 7.97. The monoisotopic (exact) mass is 277 g/mol. The zero-order chi connectivity index (χ0) is 13.4. The molecule has 1 aromatic heterocycles.